The molecule has 0 radical (unpaired) electrons. The van der Waals surface area contributed by atoms with Gasteiger partial charge in [0.15, 0.2) is 0 Å². The Morgan fingerprint density at radius 1 is 1.23 bits per heavy atom. The fraction of sp³-hybridized carbons (Fsp3) is 0.250. The first-order valence-electron chi connectivity index (χ1n) is 9.21. The Hall–Kier alpha value is -3.44. The number of nitrogens with zero attached hydrogens (tertiary/aromatic N) is 2. The summed E-state index contributed by atoms with van der Waals surface area (Å²) in [5.41, 5.74) is -0.333. The highest BCUT2D eigenvalue weighted by Crippen LogP contribution is 2.27. The van der Waals surface area contributed by atoms with Crippen LogP contribution in [0.1, 0.15) is 22.1 Å². The third-order valence-corrected chi connectivity index (χ3v) is 4.76. The number of nitrogens with one attached hydrogen (secondary N) is 1. The maximum atomic E-state index is 13.0. The zero-order valence-electron chi connectivity index (χ0n) is 15.8. The summed E-state index contributed by atoms with van der Waals surface area (Å²) in [5.74, 6) is -1.95. The monoisotopic (exact) mass is 435 g/mol. The van der Waals surface area contributed by atoms with Crippen molar-refractivity contribution < 1.29 is 32.5 Å². The topological polar surface area (TPSA) is 103 Å². The van der Waals surface area contributed by atoms with Crippen LogP contribution in [0.15, 0.2) is 47.3 Å². The van der Waals surface area contributed by atoms with Gasteiger partial charge in [-0.15, -0.1) is 13.2 Å². The summed E-state index contributed by atoms with van der Waals surface area (Å²) >= 11 is 0. The second-order valence-corrected chi connectivity index (χ2v) is 6.76. The predicted molar refractivity (Wildman–Crippen MR) is 103 cm³/mol. The number of benzene rings is 2. The van der Waals surface area contributed by atoms with E-state index in [1.807, 2.05) is 0 Å². The van der Waals surface area contributed by atoms with E-state index in [0.29, 0.717) is 30.8 Å². The molecule has 2 N–H and O–H groups in total. The fourth-order valence-corrected chi connectivity index (χ4v) is 3.48. The molecule has 1 aromatic heterocycles. The number of carboxylic acid groups (broad SMARTS) is 1. The van der Waals surface area contributed by atoms with E-state index in [2.05, 4.69) is 15.2 Å². The summed E-state index contributed by atoms with van der Waals surface area (Å²) in [5, 5.41) is 16.8. The zero-order valence-corrected chi connectivity index (χ0v) is 15.8. The van der Waals surface area contributed by atoms with Gasteiger partial charge in [0, 0.05) is 6.54 Å². The number of aromatic nitrogens is 2. The number of fused-ring (bicyclic) bond motifs is 1. The van der Waals surface area contributed by atoms with Gasteiger partial charge < -0.3 is 19.9 Å². The molecule has 0 aliphatic carbocycles. The summed E-state index contributed by atoms with van der Waals surface area (Å²) in [6.45, 7) is 1.37. The number of ether oxygens (including phenoxy) is 2. The van der Waals surface area contributed by atoms with Crippen LogP contribution >= 0.6 is 0 Å². The molecule has 1 saturated heterocycles. The van der Waals surface area contributed by atoms with Crippen molar-refractivity contribution in [2.75, 3.05) is 19.8 Å². The number of alkyl halides is 3. The van der Waals surface area contributed by atoms with E-state index < -0.39 is 29.2 Å². The zero-order chi connectivity index (χ0) is 22.2. The number of rotatable bonds is 4. The van der Waals surface area contributed by atoms with Gasteiger partial charge in [0.1, 0.15) is 5.75 Å². The molecular formula is C20H16F3N3O5. The standard InChI is InChI=1S/C20H16F3N3O5/c21-20(22,23)31-12-6-4-11(5-7-12)26-15-3-1-2-13(14-10-30-9-8-24-14)16(15)18(27)17(25-26)19(28)29/h1-7,14,24H,8-10H2,(H,28,29). The molecule has 1 aliphatic heterocycles. The van der Waals surface area contributed by atoms with Crippen molar-refractivity contribution in [3.8, 4) is 11.4 Å². The lowest BCUT2D eigenvalue weighted by Gasteiger charge is -2.25. The van der Waals surface area contributed by atoms with Crippen LogP contribution in [-0.2, 0) is 4.74 Å². The number of morpholine rings is 1. The van der Waals surface area contributed by atoms with Crippen LogP contribution in [0, 0.1) is 0 Å². The first-order chi connectivity index (χ1) is 14.7. The van der Waals surface area contributed by atoms with Crippen molar-refractivity contribution in [2.24, 2.45) is 0 Å². The Bertz CT molecular complexity index is 1190. The molecule has 2 aromatic carbocycles. The molecule has 1 unspecified atom stereocenters. The average molecular weight is 435 g/mol. The smallest absolute Gasteiger partial charge is 0.476 e. The van der Waals surface area contributed by atoms with Crippen molar-refractivity contribution >= 4 is 16.9 Å². The van der Waals surface area contributed by atoms with E-state index in [0.717, 1.165) is 12.1 Å². The maximum Gasteiger partial charge on any atom is 0.573 e. The van der Waals surface area contributed by atoms with Crippen LogP contribution in [0.5, 0.6) is 5.75 Å². The number of carboxylic acids is 1. The highest BCUT2D eigenvalue weighted by Gasteiger charge is 2.31. The lowest BCUT2D eigenvalue weighted by Crippen LogP contribution is -2.35. The van der Waals surface area contributed by atoms with Gasteiger partial charge >= 0.3 is 12.3 Å². The molecule has 4 rings (SSSR count). The Morgan fingerprint density at radius 3 is 2.58 bits per heavy atom. The Balaban J connectivity index is 1.90. The van der Waals surface area contributed by atoms with Gasteiger partial charge in [-0.05, 0) is 35.9 Å². The van der Waals surface area contributed by atoms with E-state index in [1.165, 1.54) is 16.8 Å². The molecule has 1 aliphatic rings. The van der Waals surface area contributed by atoms with Crippen LogP contribution in [0.3, 0.4) is 0 Å². The van der Waals surface area contributed by atoms with E-state index in [4.69, 9.17) is 4.74 Å². The molecule has 11 heteroatoms. The minimum absolute atomic E-state index is 0.147. The lowest BCUT2D eigenvalue weighted by atomic mass is 10.00. The van der Waals surface area contributed by atoms with Gasteiger partial charge in [0.05, 0.1) is 35.8 Å². The molecule has 1 atom stereocenters. The molecule has 3 aromatic rings. The van der Waals surface area contributed by atoms with Gasteiger partial charge in [-0.25, -0.2) is 9.48 Å². The van der Waals surface area contributed by atoms with Crippen LogP contribution in [0.2, 0.25) is 0 Å². The lowest BCUT2D eigenvalue weighted by molar-refractivity contribution is -0.274. The van der Waals surface area contributed by atoms with Crippen molar-refractivity contribution in [2.45, 2.75) is 12.4 Å². The van der Waals surface area contributed by atoms with Gasteiger partial charge in [-0.2, -0.15) is 5.10 Å². The van der Waals surface area contributed by atoms with E-state index >= 15 is 0 Å². The van der Waals surface area contributed by atoms with Crippen molar-refractivity contribution in [3.05, 3.63) is 63.9 Å². The third-order valence-electron chi connectivity index (χ3n) is 4.76. The number of hydrogen-bond acceptors (Lipinski definition) is 6. The molecular weight excluding hydrogens is 419 g/mol. The predicted octanol–water partition coefficient (Wildman–Crippen LogP) is 2.64. The fourth-order valence-electron chi connectivity index (χ4n) is 3.48. The molecule has 0 saturated carbocycles. The molecule has 31 heavy (non-hydrogen) atoms. The highest BCUT2D eigenvalue weighted by molar-refractivity contribution is 5.92. The number of carbonyl (C=O) groups is 1. The van der Waals surface area contributed by atoms with Gasteiger partial charge in [-0.1, -0.05) is 12.1 Å². The highest BCUT2D eigenvalue weighted by atomic mass is 19.4. The number of hydrogen-bond donors (Lipinski definition) is 2. The van der Waals surface area contributed by atoms with E-state index in [9.17, 15) is 27.9 Å². The maximum absolute atomic E-state index is 13.0. The third kappa shape index (κ3) is 4.23. The summed E-state index contributed by atoms with van der Waals surface area (Å²) in [4.78, 5) is 24.6. The van der Waals surface area contributed by atoms with Gasteiger partial charge in [0.2, 0.25) is 11.1 Å². The Morgan fingerprint density at radius 2 is 1.97 bits per heavy atom. The first kappa shape index (κ1) is 20.8. The molecule has 1 fully saturated rings. The Labute approximate surface area is 172 Å². The van der Waals surface area contributed by atoms with Crippen LogP contribution in [-0.4, -0.2) is 47.0 Å². The van der Waals surface area contributed by atoms with Crippen LogP contribution < -0.4 is 15.5 Å². The molecule has 0 amide bonds. The number of halogens is 3. The van der Waals surface area contributed by atoms with Gasteiger partial charge in [-0.3, -0.25) is 4.79 Å². The molecule has 2 heterocycles. The molecule has 8 nitrogen and oxygen atoms in total. The molecule has 162 valence electrons. The van der Waals surface area contributed by atoms with E-state index in [1.54, 1.807) is 18.2 Å². The summed E-state index contributed by atoms with van der Waals surface area (Å²) in [7, 11) is 0. The van der Waals surface area contributed by atoms with Crippen molar-refractivity contribution in [1.82, 2.24) is 15.1 Å². The normalized spacial score (nSPS) is 16.9. The minimum atomic E-state index is -4.84. The summed E-state index contributed by atoms with van der Waals surface area (Å²) in [6, 6.07) is 9.38. The van der Waals surface area contributed by atoms with Crippen LogP contribution in [0.25, 0.3) is 16.6 Å². The van der Waals surface area contributed by atoms with Crippen molar-refractivity contribution in [3.63, 3.8) is 0 Å². The van der Waals surface area contributed by atoms with E-state index in [-0.39, 0.29) is 17.1 Å². The Kier molecular flexibility index (Phi) is 5.38. The molecule has 0 spiro atoms. The summed E-state index contributed by atoms with van der Waals surface area (Å²) < 4.78 is 47.8. The molecule has 0 bridgehead atoms. The first-order valence-corrected chi connectivity index (χ1v) is 9.21. The number of aromatic carboxylic acids is 1. The average Bonchev–Trinajstić information content (AvgIpc) is 2.74. The van der Waals surface area contributed by atoms with Crippen LogP contribution in [0.4, 0.5) is 13.2 Å². The van der Waals surface area contributed by atoms with Crippen molar-refractivity contribution in [1.29, 1.82) is 0 Å². The SMILES string of the molecule is O=C(O)c1nn(-c2ccc(OC(F)(F)F)cc2)c2cccc(C3COCCN3)c2c1=O. The second-order valence-electron chi connectivity index (χ2n) is 6.76. The largest absolute Gasteiger partial charge is 0.573 e. The minimum Gasteiger partial charge on any atom is -0.476 e. The second kappa shape index (κ2) is 8.00. The quantitative estimate of drug-likeness (QED) is 0.650. The van der Waals surface area contributed by atoms with Gasteiger partial charge in [0.25, 0.3) is 0 Å². The summed E-state index contributed by atoms with van der Waals surface area (Å²) in [6.07, 6.45) is -4.84.